The first-order chi connectivity index (χ1) is 9.59. The van der Waals surface area contributed by atoms with Crippen LogP contribution >= 0.6 is 31.9 Å². The molecule has 1 unspecified atom stereocenters. The van der Waals surface area contributed by atoms with Crippen molar-refractivity contribution in [2.45, 2.75) is 5.92 Å². The Morgan fingerprint density at radius 1 is 1.05 bits per heavy atom. The standard InChI is InChI=1S/C15H13Br2NO2/c16-12-7-4-8-13(17)14(12)18-9-11(15(19)20)10-5-2-1-3-6-10/h1-8,11,18H,9H2,(H,19,20). The van der Waals surface area contributed by atoms with E-state index in [0.29, 0.717) is 6.54 Å². The van der Waals surface area contributed by atoms with Gasteiger partial charge in [0.25, 0.3) is 0 Å². The van der Waals surface area contributed by atoms with Crippen LogP contribution in [0, 0.1) is 0 Å². The van der Waals surface area contributed by atoms with Gasteiger partial charge in [0.15, 0.2) is 0 Å². The summed E-state index contributed by atoms with van der Waals surface area (Å²) in [6.45, 7) is 0.320. The highest BCUT2D eigenvalue weighted by molar-refractivity contribution is 9.11. The zero-order valence-corrected chi connectivity index (χ0v) is 13.7. The summed E-state index contributed by atoms with van der Waals surface area (Å²) in [7, 11) is 0. The Kier molecular flexibility index (Phi) is 5.20. The summed E-state index contributed by atoms with van der Waals surface area (Å²) >= 11 is 6.90. The van der Waals surface area contributed by atoms with Crippen LogP contribution in [0.1, 0.15) is 11.5 Å². The van der Waals surface area contributed by atoms with Crippen molar-refractivity contribution in [2.24, 2.45) is 0 Å². The monoisotopic (exact) mass is 397 g/mol. The second kappa shape index (κ2) is 6.90. The Hall–Kier alpha value is -1.33. The van der Waals surface area contributed by atoms with Crippen LogP contribution in [0.5, 0.6) is 0 Å². The molecule has 0 radical (unpaired) electrons. The predicted molar refractivity (Wildman–Crippen MR) is 87.2 cm³/mol. The molecule has 20 heavy (non-hydrogen) atoms. The van der Waals surface area contributed by atoms with Gasteiger partial charge in [0, 0.05) is 15.5 Å². The number of benzene rings is 2. The van der Waals surface area contributed by atoms with Crippen LogP contribution in [0.25, 0.3) is 0 Å². The molecule has 2 N–H and O–H groups in total. The van der Waals surface area contributed by atoms with Crippen LogP contribution in [-0.4, -0.2) is 17.6 Å². The van der Waals surface area contributed by atoms with Crippen molar-refractivity contribution in [1.29, 1.82) is 0 Å². The first-order valence-corrected chi connectivity index (χ1v) is 7.64. The molecule has 0 aliphatic rings. The zero-order valence-electron chi connectivity index (χ0n) is 10.5. The summed E-state index contributed by atoms with van der Waals surface area (Å²) in [5.41, 5.74) is 1.64. The molecule has 0 spiro atoms. The molecule has 1 atom stereocenters. The van der Waals surface area contributed by atoms with E-state index in [4.69, 9.17) is 0 Å². The van der Waals surface area contributed by atoms with Crippen molar-refractivity contribution in [3.63, 3.8) is 0 Å². The SMILES string of the molecule is O=C(O)C(CNc1c(Br)cccc1Br)c1ccccc1. The maximum atomic E-state index is 11.4. The Morgan fingerprint density at radius 3 is 2.20 bits per heavy atom. The fraction of sp³-hybridized carbons (Fsp3) is 0.133. The third-order valence-electron chi connectivity index (χ3n) is 2.95. The van der Waals surface area contributed by atoms with Gasteiger partial charge in [-0.2, -0.15) is 0 Å². The van der Waals surface area contributed by atoms with Crippen LogP contribution in [0.2, 0.25) is 0 Å². The van der Waals surface area contributed by atoms with Gasteiger partial charge >= 0.3 is 5.97 Å². The van der Waals surface area contributed by atoms with Gasteiger partial charge in [-0.1, -0.05) is 36.4 Å². The second-order valence-electron chi connectivity index (χ2n) is 4.28. The number of hydrogen-bond donors (Lipinski definition) is 2. The van der Waals surface area contributed by atoms with Gasteiger partial charge in [-0.25, -0.2) is 0 Å². The van der Waals surface area contributed by atoms with Crippen molar-refractivity contribution in [3.8, 4) is 0 Å². The van der Waals surface area contributed by atoms with E-state index in [2.05, 4.69) is 37.2 Å². The smallest absolute Gasteiger partial charge is 0.312 e. The minimum Gasteiger partial charge on any atom is -0.481 e. The number of aliphatic carboxylic acids is 1. The molecule has 0 amide bonds. The van der Waals surface area contributed by atoms with Crippen molar-refractivity contribution in [3.05, 3.63) is 63.0 Å². The fourth-order valence-electron chi connectivity index (χ4n) is 1.90. The molecular weight excluding hydrogens is 386 g/mol. The number of carboxylic acids is 1. The van der Waals surface area contributed by atoms with Crippen LogP contribution in [-0.2, 0) is 4.79 Å². The summed E-state index contributed by atoms with van der Waals surface area (Å²) in [5, 5.41) is 12.6. The lowest BCUT2D eigenvalue weighted by Crippen LogP contribution is -2.21. The Morgan fingerprint density at radius 2 is 1.65 bits per heavy atom. The first kappa shape index (κ1) is 15.1. The second-order valence-corrected chi connectivity index (χ2v) is 5.99. The van der Waals surface area contributed by atoms with E-state index >= 15 is 0 Å². The highest BCUT2D eigenvalue weighted by Gasteiger charge is 2.20. The van der Waals surface area contributed by atoms with E-state index in [1.54, 1.807) is 0 Å². The van der Waals surface area contributed by atoms with E-state index in [1.165, 1.54) is 0 Å². The maximum absolute atomic E-state index is 11.4. The minimum absolute atomic E-state index is 0.320. The number of halogens is 2. The number of para-hydroxylation sites is 1. The number of anilines is 1. The third kappa shape index (κ3) is 3.61. The molecule has 3 nitrogen and oxygen atoms in total. The predicted octanol–water partition coefficient (Wildman–Crippen LogP) is 4.49. The van der Waals surface area contributed by atoms with Gasteiger partial charge in [0.1, 0.15) is 0 Å². The highest BCUT2D eigenvalue weighted by Crippen LogP contribution is 2.31. The number of hydrogen-bond acceptors (Lipinski definition) is 2. The maximum Gasteiger partial charge on any atom is 0.312 e. The van der Waals surface area contributed by atoms with E-state index in [-0.39, 0.29) is 0 Å². The molecule has 0 saturated heterocycles. The Balaban J connectivity index is 2.17. The number of rotatable bonds is 5. The van der Waals surface area contributed by atoms with Crippen molar-refractivity contribution < 1.29 is 9.90 Å². The Bertz CT molecular complexity index is 582. The minimum atomic E-state index is -0.841. The largest absolute Gasteiger partial charge is 0.481 e. The van der Waals surface area contributed by atoms with Crippen molar-refractivity contribution in [1.82, 2.24) is 0 Å². The lowest BCUT2D eigenvalue weighted by molar-refractivity contribution is -0.138. The molecule has 2 rings (SSSR count). The van der Waals surface area contributed by atoms with Crippen LogP contribution in [0.15, 0.2) is 57.5 Å². The van der Waals surface area contributed by atoms with Gasteiger partial charge in [0.2, 0.25) is 0 Å². The average molecular weight is 399 g/mol. The molecule has 5 heteroatoms. The Labute approximate surface area is 134 Å². The molecule has 0 aliphatic heterocycles. The molecule has 0 heterocycles. The summed E-state index contributed by atoms with van der Waals surface area (Å²) in [6, 6.07) is 15.0. The van der Waals surface area contributed by atoms with E-state index < -0.39 is 11.9 Å². The normalized spacial score (nSPS) is 11.9. The molecular formula is C15H13Br2NO2. The number of carboxylic acid groups (broad SMARTS) is 1. The van der Waals surface area contributed by atoms with Crippen molar-refractivity contribution in [2.75, 3.05) is 11.9 Å². The molecule has 0 aliphatic carbocycles. The molecule has 2 aromatic carbocycles. The van der Waals surface area contributed by atoms with Gasteiger partial charge in [-0.05, 0) is 49.6 Å². The third-order valence-corrected chi connectivity index (χ3v) is 4.27. The average Bonchev–Trinajstić information content (AvgIpc) is 2.43. The lowest BCUT2D eigenvalue weighted by Gasteiger charge is -2.16. The van der Waals surface area contributed by atoms with E-state index in [0.717, 1.165) is 20.2 Å². The summed E-state index contributed by atoms with van der Waals surface area (Å²) in [6.07, 6.45) is 0. The van der Waals surface area contributed by atoms with E-state index in [1.807, 2.05) is 48.5 Å². The van der Waals surface area contributed by atoms with Gasteiger partial charge < -0.3 is 10.4 Å². The van der Waals surface area contributed by atoms with Crippen LogP contribution in [0.4, 0.5) is 5.69 Å². The molecule has 104 valence electrons. The van der Waals surface area contributed by atoms with Gasteiger partial charge in [-0.3, -0.25) is 4.79 Å². The molecule has 0 bridgehead atoms. The number of nitrogens with one attached hydrogen (secondary N) is 1. The van der Waals surface area contributed by atoms with Crippen LogP contribution < -0.4 is 5.32 Å². The fourth-order valence-corrected chi connectivity index (χ4v) is 3.18. The summed E-state index contributed by atoms with van der Waals surface area (Å²) in [4.78, 5) is 11.4. The first-order valence-electron chi connectivity index (χ1n) is 6.05. The summed E-state index contributed by atoms with van der Waals surface area (Å²) in [5.74, 6) is -1.43. The zero-order chi connectivity index (χ0) is 14.5. The topological polar surface area (TPSA) is 49.3 Å². The number of carbonyl (C=O) groups is 1. The molecule has 0 fully saturated rings. The van der Waals surface area contributed by atoms with Crippen molar-refractivity contribution >= 4 is 43.5 Å². The molecule has 0 saturated carbocycles. The highest BCUT2D eigenvalue weighted by atomic mass is 79.9. The van der Waals surface area contributed by atoms with Gasteiger partial charge in [-0.15, -0.1) is 0 Å². The lowest BCUT2D eigenvalue weighted by atomic mass is 9.99. The van der Waals surface area contributed by atoms with Crippen LogP contribution in [0.3, 0.4) is 0 Å². The quantitative estimate of drug-likeness (QED) is 0.779. The summed E-state index contributed by atoms with van der Waals surface area (Å²) < 4.78 is 1.79. The molecule has 2 aromatic rings. The van der Waals surface area contributed by atoms with E-state index in [9.17, 15) is 9.90 Å². The molecule has 0 aromatic heterocycles. The van der Waals surface area contributed by atoms with Gasteiger partial charge in [0.05, 0.1) is 11.6 Å².